The molecule has 1 aliphatic heterocycles. The van der Waals surface area contributed by atoms with Gasteiger partial charge in [0.1, 0.15) is 5.58 Å². The first-order valence-electron chi connectivity index (χ1n) is 13.1. The number of aromatic nitrogens is 2. The zero-order valence-corrected chi connectivity index (χ0v) is 25.2. The van der Waals surface area contributed by atoms with E-state index in [0.717, 1.165) is 21.7 Å². The van der Waals surface area contributed by atoms with E-state index in [-0.39, 0.29) is 21.5 Å². The van der Waals surface area contributed by atoms with Crippen molar-refractivity contribution in [2.45, 2.75) is 16.1 Å². The van der Waals surface area contributed by atoms with Crippen molar-refractivity contribution in [2.24, 2.45) is 0 Å². The second-order valence-corrected chi connectivity index (χ2v) is 12.8. The number of carbonyl (C=O) groups excluding carboxylic acids is 2. The lowest BCUT2D eigenvalue weighted by molar-refractivity contribution is -0.117. The highest BCUT2D eigenvalue weighted by Gasteiger charge is 2.47. The summed E-state index contributed by atoms with van der Waals surface area (Å²) in [5.41, 5.74) is 1.97. The van der Waals surface area contributed by atoms with Crippen molar-refractivity contribution in [1.29, 1.82) is 0 Å². The van der Waals surface area contributed by atoms with Gasteiger partial charge in [-0.25, -0.2) is 0 Å². The third-order valence-corrected chi connectivity index (χ3v) is 10.0. The molecule has 4 aromatic carbocycles. The SMILES string of the molecule is O=C(C1=C(O)C(=O)N(c2nnc(SCc3cccc4ccccc34)s2)C1c1ccc(Cl)c(Cl)c1)c1cc2ccccc2o1. The molecule has 1 atom stereocenters. The summed E-state index contributed by atoms with van der Waals surface area (Å²) >= 11 is 15.2. The molecule has 7 rings (SSSR count). The maximum Gasteiger partial charge on any atom is 0.296 e. The van der Waals surface area contributed by atoms with Crippen LogP contribution in [0.3, 0.4) is 0 Å². The summed E-state index contributed by atoms with van der Waals surface area (Å²) in [6.07, 6.45) is 0. The first-order chi connectivity index (χ1) is 20.9. The van der Waals surface area contributed by atoms with E-state index in [1.807, 2.05) is 30.3 Å². The van der Waals surface area contributed by atoms with Gasteiger partial charge in [0.2, 0.25) is 10.9 Å². The average molecular weight is 645 g/mol. The normalized spacial score (nSPS) is 15.3. The number of thioether (sulfide) groups is 1. The van der Waals surface area contributed by atoms with Crippen molar-refractivity contribution in [1.82, 2.24) is 10.2 Å². The van der Waals surface area contributed by atoms with Crippen molar-refractivity contribution in [3.8, 4) is 0 Å². The highest BCUT2D eigenvalue weighted by atomic mass is 35.5. The Bertz CT molecular complexity index is 2070. The molecular weight excluding hydrogens is 625 g/mol. The van der Waals surface area contributed by atoms with Gasteiger partial charge in [0.05, 0.1) is 21.7 Å². The number of aliphatic hydroxyl groups excluding tert-OH is 1. The van der Waals surface area contributed by atoms with Crippen molar-refractivity contribution in [3.05, 3.63) is 129 Å². The van der Waals surface area contributed by atoms with E-state index >= 15 is 0 Å². The van der Waals surface area contributed by atoms with Crippen LogP contribution in [0.15, 0.2) is 111 Å². The van der Waals surface area contributed by atoms with Crippen molar-refractivity contribution in [2.75, 3.05) is 4.90 Å². The topological polar surface area (TPSA) is 96.5 Å². The number of hydrogen-bond donors (Lipinski definition) is 1. The third kappa shape index (κ3) is 4.98. The molecule has 0 bridgehead atoms. The molecule has 0 fully saturated rings. The molecule has 1 unspecified atom stereocenters. The molecule has 7 nitrogen and oxygen atoms in total. The van der Waals surface area contributed by atoms with E-state index in [1.165, 1.54) is 28.0 Å². The predicted octanol–water partition coefficient (Wildman–Crippen LogP) is 8.82. The first-order valence-corrected chi connectivity index (χ1v) is 15.6. The highest BCUT2D eigenvalue weighted by molar-refractivity contribution is 8.00. The third-order valence-electron chi connectivity index (χ3n) is 7.19. The smallest absolute Gasteiger partial charge is 0.296 e. The summed E-state index contributed by atoms with van der Waals surface area (Å²) in [5, 5.41) is 23.5. The van der Waals surface area contributed by atoms with Gasteiger partial charge in [0.15, 0.2) is 15.9 Å². The Balaban J connectivity index is 1.24. The minimum Gasteiger partial charge on any atom is -0.503 e. The second-order valence-electron chi connectivity index (χ2n) is 9.77. The molecule has 3 heterocycles. The Morgan fingerprint density at radius 1 is 0.930 bits per heavy atom. The number of hydrogen-bond acceptors (Lipinski definition) is 8. The number of amides is 1. The maximum atomic E-state index is 13.9. The number of halogens is 2. The lowest BCUT2D eigenvalue weighted by atomic mass is 9.95. The van der Waals surface area contributed by atoms with Crippen LogP contribution in [0, 0.1) is 0 Å². The van der Waals surface area contributed by atoms with Gasteiger partial charge in [-0.1, -0.05) is 113 Å². The number of furan rings is 1. The van der Waals surface area contributed by atoms with Crippen LogP contribution in [0.5, 0.6) is 0 Å². The summed E-state index contributed by atoms with van der Waals surface area (Å²) in [4.78, 5) is 28.7. The molecule has 0 saturated heterocycles. The van der Waals surface area contributed by atoms with E-state index in [1.54, 1.807) is 36.4 Å². The number of carbonyl (C=O) groups is 2. The highest BCUT2D eigenvalue weighted by Crippen LogP contribution is 2.45. The fourth-order valence-corrected chi connectivity index (χ4v) is 7.35. The molecule has 1 aliphatic rings. The summed E-state index contributed by atoms with van der Waals surface area (Å²) in [5.74, 6) is -1.47. The van der Waals surface area contributed by atoms with Crippen molar-refractivity contribution in [3.63, 3.8) is 0 Å². The number of anilines is 1. The molecule has 212 valence electrons. The summed E-state index contributed by atoms with van der Waals surface area (Å²) in [7, 11) is 0. The number of aliphatic hydroxyl groups is 1. The molecule has 0 spiro atoms. The molecule has 6 aromatic rings. The van der Waals surface area contributed by atoms with Gasteiger partial charge in [0.25, 0.3) is 5.91 Å². The molecule has 2 aromatic heterocycles. The largest absolute Gasteiger partial charge is 0.503 e. The minimum absolute atomic E-state index is 0.00828. The molecule has 43 heavy (non-hydrogen) atoms. The van der Waals surface area contributed by atoms with Crippen LogP contribution in [-0.2, 0) is 10.5 Å². The first kappa shape index (κ1) is 27.7. The van der Waals surface area contributed by atoms with Crippen LogP contribution in [0.1, 0.15) is 27.7 Å². The van der Waals surface area contributed by atoms with Crippen molar-refractivity contribution >= 4 is 84.9 Å². The van der Waals surface area contributed by atoms with Gasteiger partial charge in [-0.3, -0.25) is 14.5 Å². The molecule has 0 saturated carbocycles. The van der Waals surface area contributed by atoms with E-state index in [0.29, 0.717) is 26.3 Å². The Morgan fingerprint density at radius 2 is 1.70 bits per heavy atom. The van der Waals surface area contributed by atoms with Crippen LogP contribution in [-0.4, -0.2) is 27.0 Å². The summed E-state index contributed by atoms with van der Waals surface area (Å²) in [6.45, 7) is 0. The number of para-hydroxylation sites is 1. The zero-order chi connectivity index (χ0) is 29.7. The van der Waals surface area contributed by atoms with Gasteiger partial charge in [-0.15, -0.1) is 10.2 Å². The van der Waals surface area contributed by atoms with Gasteiger partial charge in [-0.2, -0.15) is 0 Å². The van der Waals surface area contributed by atoms with Gasteiger partial charge in [-0.05, 0) is 46.2 Å². The standard InChI is InChI=1S/C32H19Cl2N3O4S2/c33-22-13-12-19(14-23(22)34)27-26(28(38)25-15-18-7-2-4-11-24(18)41-25)29(39)30(40)37(27)31-35-36-32(43-31)42-16-20-9-5-8-17-6-1-3-10-21(17)20/h1-15,27,39H,16H2. The van der Waals surface area contributed by atoms with Gasteiger partial charge >= 0.3 is 0 Å². The van der Waals surface area contributed by atoms with Crippen LogP contribution >= 0.6 is 46.3 Å². The quantitative estimate of drug-likeness (QED) is 0.105. The Morgan fingerprint density at radius 3 is 2.51 bits per heavy atom. The van der Waals surface area contributed by atoms with Crippen LogP contribution < -0.4 is 4.90 Å². The van der Waals surface area contributed by atoms with E-state index in [2.05, 4.69) is 34.5 Å². The molecule has 1 N–H and O–H groups in total. The van der Waals surface area contributed by atoms with Crippen LogP contribution in [0.25, 0.3) is 21.7 Å². The number of benzene rings is 4. The predicted molar refractivity (Wildman–Crippen MR) is 170 cm³/mol. The summed E-state index contributed by atoms with van der Waals surface area (Å²) in [6, 6.07) is 26.8. The van der Waals surface area contributed by atoms with Gasteiger partial charge < -0.3 is 9.52 Å². The Labute approximate surface area is 263 Å². The molecule has 0 aliphatic carbocycles. The number of ketones is 1. The van der Waals surface area contributed by atoms with Crippen LogP contribution in [0.4, 0.5) is 5.13 Å². The number of rotatable bonds is 7. The lowest BCUT2D eigenvalue weighted by Crippen LogP contribution is -2.31. The second kappa shape index (κ2) is 11.2. The Hall–Kier alpha value is -4.15. The summed E-state index contributed by atoms with van der Waals surface area (Å²) < 4.78 is 6.43. The van der Waals surface area contributed by atoms with E-state index < -0.39 is 23.5 Å². The minimum atomic E-state index is -1.05. The maximum absolute atomic E-state index is 13.9. The number of nitrogens with zero attached hydrogens (tertiary/aromatic N) is 3. The Kier molecular flexibility index (Phi) is 7.18. The van der Waals surface area contributed by atoms with Gasteiger partial charge in [0, 0.05) is 11.1 Å². The van der Waals surface area contributed by atoms with E-state index in [4.69, 9.17) is 27.6 Å². The molecule has 11 heteroatoms. The fraction of sp³-hybridized carbons (Fsp3) is 0.0625. The molecule has 1 amide bonds. The number of fused-ring (bicyclic) bond motifs is 2. The molecule has 0 radical (unpaired) electrons. The van der Waals surface area contributed by atoms with E-state index in [9.17, 15) is 14.7 Å². The fourth-order valence-electron chi connectivity index (χ4n) is 5.17. The molecular formula is C32H19Cl2N3O4S2. The van der Waals surface area contributed by atoms with Crippen molar-refractivity contribution < 1.29 is 19.1 Å². The number of Topliss-reactive ketones (excluding diaryl/α,β-unsaturated/α-hetero) is 1. The monoisotopic (exact) mass is 643 g/mol. The lowest BCUT2D eigenvalue weighted by Gasteiger charge is -2.24. The average Bonchev–Trinajstić information content (AvgIpc) is 3.73. The van der Waals surface area contributed by atoms with Crippen LogP contribution in [0.2, 0.25) is 10.0 Å². The zero-order valence-electron chi connectivity index (χ0n) is 22.0.